The van der Waals surface area contributed by atoms with Gasteiger partial charge in [-0.1, -0.05) is 26.7 Å². The van der Waals surface area contributed by atoms with Gasteiger partial charge in [-0.15, -0.1) is 22.9 Å². The van der Waals surface area contributed by atoms with Crippen LogP contribution < -0.4 is 0 Å². The minimum atomic E-state index is -3.37. The van der Waals surface area contributed by atoms with Crippen molar-refractivity contribution in [2.75, 3.05) is 12.4 Å². The fourth-order valence-corrected chi connectivity index (χ4v) is 6.48. The van der Waals surface area contributed by atoms with E-state index in [1.54, 1.807) is 10.4 Å². The summed E-state index contributed by atoms with van der Waals surface area (Å²) in [7, 11) is -3.37. The maximum Gasteiger partial charge on any atom is 0.252 e. The van der Waals surface area contributed by atoms with Gasteiger partial charge >= 0.3 is 0 Å². The van der Waals surface area contributed by atoms with Crippen LogP contribution in [0.25, 0.3) is 0 Å². The van der Waals surface area contributed by atoms with Crippen LogP contribution in [-0.2, 0) is 16.4 Å². The quantitative estimate of drug-likeness (QED) is 0.694. The second kappa shape index (κ2) is 7.44. The molecule has 0 aromatic carbocycles. The summed E-state index contributed by atoms with van der Waals surface area (Å²) in [6, 6.07) is 3.81. The predicted molar refractivity (Wildman–Crippen MR) is 89.7 cm³/mol. The number of thiophene rings is 1. The summed E-state index contributed by atoms with van der Waals surface area (Å²) in [6.07, 6.45) is 4.99. The Morgan fingerprint density at radius 2 is 2.00 bits per heavy atom. The first-order valence-electron chi connectivity index (χ1n) is 7.61. The van der Waals surface area contributed by atoms with Gasteiger partial charge in [-0.05, 0) is 37.3 Å². The summed E-state index contributed by atoms with van der Waals surface area (Å²) in [6.45, 7) is 4.76. The van der Waals surface area contributed by atoms with Crippen LogP contribution in [0.1, 0.15) is 44.4 Å². The molecule has 1 aromatic heterocycles. The first-order valence-corrected chi connectivity index (χ1v) is 10.4. The largest absolute Gasteiger partial charge is 0.252 e. The monoisotopic (exact) mass is 349 g/mol. The van der Waals surface area contributed by atoms with Crippen LogP contribution in [-0.4, -0.2) is 31.2 Å². The van der Waals surface area contributed by atoms with E-state index in [-0.39, 0.29) is 6.04 Å². The first kappa shape index (κ1) is 17.3. The third kappa shape index (κ3) is 4.21. The smallest absolute Gasteiger partial charge is 0.206 e. The molecule has 0 N–H and O–H groups in total. The number of rotatable bonds is 7. The molecule has 0 aliphatic heterocycles. The molecule has 0 amide bonds. The molecule has 1 aliphatic rings. The molecule has 1 fully saturated rings. The highest BCUT2D eigenvalue weighted by Crippen LogP contribution is 2.32. The zero-order chi connectivity index (χ0) is 15.5. The second-order valence-electron chi connectivity index (χ2n) is 6.07. The van der Waals surface area contributed by atoms with Gasteiger partial charge in [0.25, 0.3) is 10.0 Å². The molecule has 1 saturated carbocycles. The van der Waals surface area contributed by atoms with Crippen LogP contribution in [0.15, 0.2) is 16.3 Å². The maximum atomic E-state index is 13.0. The molecule has 1 heterocycles. The van der Waals surface area contributed by atoms with Gasteiger partial charge in [0.1, 0.15) is 4.21 Å². The van der Waals surface area contributed by atoms with Crippen molar-refractivity contribution < 1.29 is 8.42 Å². The predicted octanol–water partition coefficient (Wildman–Crippen LogP) is 4.12. The maximum absolute atomic E-state index is 13.0. The Morgan fingerprint density at radius 3 is 2.57 bits per heavy atom. The highest BCUT2D eigenvalue weighted by Gasteiger charge is 2.34. The number of hydrogen-bond acceptors (Lipinski definition) is 3. The van der Waals surface area contributed by atoms with E-state index >= 15 is 0 Å². The van der Waals surface area contributed by atoms with Gasteiger partial charge in [0, 0.05) is 23.3 Å². The Kier molecular flexibility index (Phi) is 6.12. The summed E-state index contributed by atoms with van der Waals surface area (Å²) >= 11 is 7.11. The van der Waals surface area contributed by atoms with Gasteiger partial charge in [-0.2, -0.15) is 4.31 Å². The zero-order valence-corrected chi connectivity index (χ0v) is 15.1. The minimum Gasteiger partial charge on any atom is -0.206 e. The lowest BCUT2D eigenvalue weighted by Crippen LogP contribution is -2.40. The van der Waals surface area contributed by atoms with Crippen molar-refractivity contribution in [3.8, 4) is 0 Å². The Labute approximate surface area is 137 Å². The first-order chi connectivity index (χ1) is 9.95. The molecule has 0 radical (unpaired) electrons. The molecule has 2 rings (SSSR count). The van der Waals surface area contributed by atoms with E-state index in [2.05, 4.69) is 13.8 Å². The number of nitrogens with zero attached hydrogens (tertiary/aromatic N) is 1. The van der Waals surface area contributed by atoms with Crippen LogP contribution in [0.4, 0.5) is 0 Å². The van der Waals surface area contributed by atoms with E-state index in [0.29, 0.717) is 22.6 Å². The molecule has 0 unspecified atom stereocenters. The number of hydrogen-bond donors (Lipinski definition) is 0. The van der Waals surface area contributed by atoms with E-state index in [0.717, 1.165) is 37.0 Å². The zero-order valence-electron chi connectivity index (χ0n) is 12.7. The molecule has 6 heteroatoms. The third-order valence-corrected chi connectivity index (χ3v) is 7.54. The third-order valence-electron chi connectivity index (χ3n) is 3.82. The van der Waals surface area contributed by atoms with Crippen molar-refractivity contribution >= 4 is 33.0 Å². The van der Waals surface area contributed by atoms with Gasteiger partial charge in [-0.25, -0.2) is 8.42 Å². The summed E-state index contributed by atoms with van der Waals surface area (Å²) in [5, 5.41) is 0. The van der Waals surface area contributed by atoms with Crippen LogP contribution >= 0.6 is 22.9 Å². The molecule has 0 bridgehead atoms. The molecular weight excluding hydrogens is 326 g/mol. The summed E-state index contributed by atoms with van der Waals surface area (Å²) in [4.78, 5) is 1.04. The number of alkyl halides is 1. The van der Waals surface area contributed by atoms with E-state index < -0.39 is 10.0 Å². The highest BCUT2D eigenvalue weighted by molar-refractivity contribution is 7.91. The molecular formula is C15H24ClNO2S2. The van der Waals surface area contributed by atoms with Crippen molar-refractivity contribution in [3.05, 3.63) is 17.0 Å². The molecule has 1 aliphatic carbocycles. The average molecular weight is 350 g/mol. The van der Waals surface area contributed by atoms with Gasteiger partial charge in [0.15, 0.2) is 0 Å². The molecule has 0 spiro atoms. The van der Waals surface area contributed by atoms with Gasteiger partial charge in [0.2, 0.25) is 0 Å². The summed E-state index contributed by atoms with van der Waals surface area (Å²) in [5.74, 6) is 0.862. The lowest BCUT2D eigenvalue weighted by molar-refractivity contribution is 0.293. The Balaban J connectivity index is 2.26. The van der Waals surface area contributed by atoms with Crippen molar-refractivity contribution in [3.63, 3.8) is 0 Å². The fraction of sp³-hybridized carbons (Fsp3) is 0.733. The number of sulfonamides is 1. The van der Waals surface area contributed by atoms with Crippen LogP contribution in [0.2, 0.25) is 0 Å². The minimum absolute atomic E-state index is 0.177. The molecule has 0 saturated heterocycles. The molecule has 120 valence electrons. The van der Waals surface area contributed by atoms with Gasteiger partial charge in [0.05, 0.1) is 0 Å². The molecule has 0 atom stereocenters. The SMILES string of the molecule is CC(C)CN(C1CCCC1)S(=O)(=O)c1ccc(CCCl)s1. The van der Waals surface area contributed by atoms with Crippen molar-refractivity contribution in [1.82, 2.24) is 4.31 Å². The lowest BCUT2D eigenvalue weighted by atomic mass is 10.2. The Morgan fingerprint density at radius 1 is 1.33 bits per heavy atom. The molecule has 1 aromatic rings. The van der Waals surface area contributed by atoms with E-state index in [9.17, 15) is 8.42 Å². The lowest BCUT2D eigenvalue weighted by Gasteiger charge is -2.29. The van der Waals surface area contributed by atoms with Crippen molar-refractivity contribution in [2.45, 2.75) is 56.2 Å². The topological polar surface area (TPSA) is 37.4 Å². The highest BCUT2D eigenvalue weighted by atomic mass is 35.5. The van der Waals surface area contributed by atoms with E-state index in [4.69, 9.17) is 11.6 Å². The van der Waals surface area contributed by atoms with E-state index in [1.165, 1.54) is 11.3 Å². The van der Waals surface area contributed by atoms with Gasteiger partial charge in [-0.3, -0.25) is 0 Å². The Hall–Kier alpha value is -0.100. The van der Waals surface area contributed by atoms with Crippen LogP contribution in [0.5, 0.6) is 0 Å². The number of halogens is 1. The summed E-state index contributed by atoms with van der Waals surface area (Å²) in [5.41, 5.74) is 0. The molecule has 21 heavy (non-hydrogen) atoms. The fourth-order valence-electron chi connectivity index (χ4n) is 2.84. The summed E-state index contributed by atoms with van der Waals surface area (Å²) < 4.78 is 28.2. The average Bonchev–Trinajstić information content (AvgIpc) is 3.07. The Bertz CT molecular complexity index is 548. The van der Waals surface area contributed by atoms with Crippen LogP contribution in [0.3, 0.4) is 0 Å². The number of aryl methyl sites for hydroxylation is 1. The van der Waals surface area contributed by atoms with E-state index in [1.807, 2.05) is 6.07 Å². The van der Waals surface area contributed by atoms with Gasteiger partial charge < -0.3 is 0 Å². The standard InChI is InChI=1S/C15H24ClNO2S2/c1-12(2)11-17(13-5-3-4-6-13)21(18,19)15-8-7-14(20-15)9-10-16/h7-8,12-13H,3-6,9-11H2,1-2H3. The second-order valence-corrected chi connectivity index (χ2v) is 9.73. The molecule has 3 nitrogen and oxygen atoms in total. The van der Waals surface area contributed by atoms with Crippen molar-refractivity contribution in [1.29, 1.82) is 0 Å². The normalized spacial score (nSPS) is 17.2. The van der Waals surface area contributed by atoms with Crippen molar-refractivity contribution in [2.24, 2.45) is 5.92 Å². The van der Waals surface area contributed by atoms with Crippen LogP contribution in [0, 0.1) is 5.92 Å².